The number of amides is 1. The Hall–Kier alpha value is -1.83. The molecule has 1 N–H and O–H groups in total. The van der Waals surface area contributed by atoms with E-state index in [2.05, 4.69) is 30.6 Å². The lowest BCUT2D eigenvalue weighted by Crippen LogP contribution is -2.39. The van der Waals surface area contributed by atoms with E-state index in [9.17, 15) is 4.79 Å². The number of nitrogens with one attached hydrogen (secondary N) is 1. The van der Waals surface area contributed by atoms with Crippen molar-refractivity contribution in [3.63, 3.8) is 0 Å². The second-order valence-corrected chi connectivity index (χ2v) is 5.09. The lowest BCUT2D eigenvalue weighted by molar-refractivity contribution is -0.117. The molecule has 0 aliphatic rings. The molecule has 0 saturated heterocycles. The largest absolute Gasteiger partial charge is 0.348 e. The molecule has 0 saturated carbocycles. The van der Waals surface area contributed by atoms with E-state index in [1.165, 1.54) is 11.6 Å². The second-order valence-electron chi connectivity index (χ2n) is 5.09. The number of carbonyl (C=O) groups excluding carboxylic acids is 1. The predicted molar refractivity (Wildman–Crippen MR) is 79.2 cm³/mol. The Morgan fingerprint density at radius 1 is 1.22 bits per heavy atom. The maximum atomic E-state index is 10.6. The van der Waals surface area contributed by atoms with Crippen molar-refractivity contribution in [2.45, 2.75) is 33.2 Å². The highest BCUT2D eigenvalue weighted by atomic mass is 16.1. The van der Waals surface area contributed by atoms with Crippen molar-refractivity contribution in [2.75, 3.05) is 0 Å². The third kappa shape index (κ3) is 8.34. The average Bonchev–Trinajstić information content (AvgIpc) is 2.28. The van der Waals surface area contributed by atoms with Gasteiger partial charge in [0, 0.05) is 5.54 Å². The molecule has 1 aromatic carbocycles. The highest BCUT2D eigenvalue weighted by Crippen LogP contribution is 2.08. The molecule has 0 unspecified atom stereocenters. The topological polar surface area (TPSA) is 29.1 Å². The van der Waals surface area contributed by atoms with E-state index in [-0.39, 0.29) is 11.4 Å². The Balaban J connectivity index is 0.000000321. The Kier molecular flexibility index (Phi) is 6.73. The third-order valence-electron chi connectivity index (χ3n) is 1.95. The summed E-state index contributed by atoms with van der Waals surface area (Å²) < 4.78 is 0. The van der Waals surface area contributed by atoms with E-state index < -0.39 is 0 Å². The minimum absolute atomic E-state index is 0.123. The van der Waals surface area contributed by atoms with Crippen LogP contribution in [0.2, 0.25) is 0 Å². The molecule has 0 aliphatic carbocycles. The summed E-state index contributed by atoms with van der Waals surface area (Å²) >= 11 is 0. The van der Waals surface area contributed by atoms with E-state index in [1.807, 2.05) is 45.9 Å². The van der Waals surface area contributed by atoms with E-state index in [0.29, 0.717) is 0 Å². The van der Waals surface area contributed by atoms with Gasteiger partial charge >= 0.3 is 0 Å². The minimum Gasteiger partial charge on any atom is -0.348 e. The van der Waals surface area contributed by atoms with Gasteiger partial charge in [0.2, 0.25) is 5.91 Å². The van der Waals surface area contributed by atoms with E-state index in [4.69, 9.17) is 0 Å². The highest BCUT2D eigenvalue weighted by molar-refractivity contribution is 5.87. The summed E-state index contributed by atoms with van der Waals surface area (Å²) in [5.74, 6) is -0.123. The predicted octanol–water partition coefficient (Wildman–Crippen LogP) is 3.81. The summed E-state index contributed by atoms with van der Waals surface area (Å²) in [5, 5.41) is 2.71. The van der Waals surface area contributed by atoms with Crippen LogP contribution in [0.5, 0.6) is 0 Å². The summed E-state index contributed by atoms with van der Waals surface area (Å²) in [6.07, 6.45) is 1.27. The molecule has 18 heavy (non-hydrogen) atoms. The number of allylic oxidation sites excluding steroid dienone is 1. The van der Waals surface area contributed by atoms with E-state index in [1.54, 1.807) is 0 Å². The molecule has 0 aromatic heterocycles. The summed E-state index contributed by atoms with van der Waals surface area (Å²) in [4.78, 5) is 10.6. The van der Waals surface area contributed by atoms with Crippen molar-refractivity contribution in [3.8, 4) is 0 Å². The van der Waals surface area contributed by atoms with Gasteiger partial charge in [0.1, 0.15) is 0 Å². The molecule has 0 atom stereocenters. The van der Waals surface area contributed by atoms with Crippen LogP contribution in [0, 0.1) is 0 Å². The highest BCUT2D eigenvalue weighted by Gasteiger charge is 2.10. The molecular formula is C16H23NO. The van der Waals surface area contributed by atoms with Crippen LogP contribution in [0.4, 0.5) is 0 Å². The molecule has 2 nitrogen and oxygen atoms in total. The number of benzene rings is 1. The van der Waals surface area contributed by atoms with Gasteiger partial charge in [-0.2, -0.15) is 0 Å². The third-order valence-corrected chi connectivity index (χ3v) is 1.95. The Morgan fingerprint density at radius 2 is 1.72 bits per heavy atom. The molecule has 0 aliphatic heterocycles. The van der Waals surface area contributed by atoms with Crippen molar-refractivity contribution >= 4 is 11.5 Å². The molecular weight excluding hydrogens is 222 g/mol. The summed E-state index contributed by atoms with van der Waals surface area (Å²) in [5.41, 5.74) is 2.19. The fourth-order valence-electron chi connectivity index (χ4n) is 1.14. The molecule has 1 aromatic rings. The molecule has 98 valence electrons. The van der Waals surface area contributed by atoms with Gasteiger partial charge in [-0.1, -0.05) is 49.1 Å². The van der Waals surface area contributed by atoms with Crippen LogP contribution in [-0.2, 0) is 4.79 Å². The zero-order valence-electron chi connectivity index (χ0n) is 11.8. The van der Waals surface area contributed by atoms with Gasteiger partial charge in [-0.15, -0.1) is 0 Å². The summed E-state index contributed by atoms with van der Waals surface area (Å²) in [6, 6.07) is 10.2. The standard InChI is InChI=1S/C9H10.C7H13NO/c1-8(2)9-6-4-3-5-7-9;1-5-6(9)8-7(2,3)4/h3-7H,1H2,2H3;5H,1H2,2-4H3,(H,8,9). The van der Waals surface area contributed by atoms with Gasteiger partial charge in [-0.3, -0.25) is 4.79 Å². The van der Waals surface area contributed by atoms with Gasteiger partial charge in [0.25, 0.3) is 0 Å². The van der Waals surface area contributed by atoms with Gasteiger partial charge in [-0.05, 0) is 39.3 Å². The zero-order chi connectivity index (χ0) is 14.2. The molecule has 0 fully saturated rings. The Morgan fingerprint density at radius 3 is 1.94 bits per heavy atom. The maximum absolute atomic E-state index is 10.6. The van der Waals surface area contributed by atoms with Gasteiger partial charge < -0.3 is 5.32 Å². The second kappa shape index (κ2) is 7.49. The first kappa shape index (κ1) is 16.2. The van der Waals surface area contributed by atoms with E-state index >= 15 is 0 Å². The van der Waals surface area contributed by atoms with Gasteiger partial charge in [0.15, 0.2) is 0 Å². The normalized spacial score (nSPS) is 9.78. The number of rotatable bonds is 2. The van der Waals surface area contributed by atoms with Crippen molar-refractivity contribution in [2.24, 2.45) is 0 Å². The molecule has 0 heterocycles. The van der Waals surface area contributed by atoms with Crippen molar-refractivity contribution in [1.29, 1.82) is 0 Å². The molecule has 1 amide bonds. The first-order chi connectivity index (χ1) is 8.26. The quantitative estimate of drug-likeness (QED) is 0.789. The van der Waals surface area contributed by atoms with E-state index in [0.717, 1.165) is 5.57 Å². The molecule has 0 spiro atoms. The average molecular weight is 245 g/mol. The molecule has 1 rings (SSSR count). The first-order valence-electron chi connectivity index (χ1n) is 5.92. The van der Waals surface area contributed by atoms with Crippen LogP contribution in [0.25, 0.3) is 5.57 Å². The van der Waals surface area contributed by atoms with Crippen LogP contribution < -0.4 is 5.32 Å². The van der Waals surface area contributed by atoms with Gasteiger partial charge in [-0.25, -0.2) is 0 Å². The maximum Gasteiger partial charge on any atom is 0.243 e. The van der Waals surface area contributed by atoms with Crippen LogP contribution in [0.15, 0.2) is 49.6 Å². The van der Waals surface area contributed by atoms with Crippen LogP contribution >= 0.6 is 0 Å². The summed E-state index contributed by atoms with van der Waals surface area (Å²) in [6.45, 7) is 14.9. The molecule has 0 radical (unpaired) electrons. The summed E-state index contributed by atoms with van der Waals surface area (Å²) in [7, 11) is 0. The Labute approximate surface area is 110 Å². The lowest BCUT2D eigenvalue weighted by atomic mass is 10.1. The van der Waals surface area contributed by atoms with Gasteiger partial charge in [0.05, 0.1) is 0 Å². The monoisotopic (exact) mass is 245 g/mol. The van der Waals surface area contributed by atoms with Crippen molar-refractivity contribution in [3.05, 3.63) is 55.1 Å². The minimum atomic E-state index is -0.148. The fraction of sp³-hybridized carbons (Fsp3) is 0.312. The molecule has 2 heteroatoms. The molecule has 0 bridgehead atoms. The SMILES string of the molecule is C=C(C)c1ccccc1.C=CC(=O)NC(C)(C)C. The fourth-order valence-corrected chi connectivity index (χ4v) is 1.14. The van der Waals surface area contributed by atoms with Crippen LogP contribution in [0.3, 0.4) is 0 Å². The van der Waals surface area contributed by atoms with Crippen molar-refractivity contribution < 1.29 is 4.79 Å². The van der Waals surface area contributed by atoms with Crippen LogP contribution in [0.1, 0.15) is 33.3 Å². The Bertz CT molecular complexity index is 399. The first-order valence-corrected chi connectivity index (χ1v) is 5.92. The number of hydrogen-bond donors (Lipinski definition) is 1. The zero-order valence-corrected chi connectivity index (χ0v) is 11.8. The van der Waals surface area contributed by atoms with Crippen LogP contribution in [-0.4, -0.2) is 11.4 Å². The lowest BCUT2D eigenvalue weighted by Gasteiger charge is -2.18. The van der Waals surface area contributed by atoms with Crippen molar-refractivity contribution in [1.82, 2.24) is 5.32 Å². The number of hydrogen-bond acceptors (Lipinski definition) is 1. The number of carbonyl (C=O) groups is 1. The smallest absolute Gasteiger partial charge is 0.243 e.